The highest BCUT2D eigenvalue weighted by Gasteiger charge is 2.31. The number of anilines is 2. The van der Waals surface area contributed by atoms with E-state index in [0.717, 1.165) is 11.1 Å². The van der Waals surface area contributed by atoms with E-state index in [1.165, 1.54) is 25.3 Å². The van der Waals surface area contributed by atoms with E-state index in [1.54, 1.807) is 24.3 Å². The Morgan fingerprint density at radius 2 is 2.00 bits per heavy atom. The fourth-order valence-corrected chi connectivity index (χ4v) is 4.53. The molecule has 2 aromatic carbocycles. The topological polar surface area (TPSA) is 78.8 Å². The normalized spacial score (nSPS) is 18.1. The van der Waals surface area contributed by atoms with Crippen molar-refractivity contribution in [3.05, 3.63) is 53.7 Å². The molecule has 0 aliphatic carbocycles. The number of nitrogens with one attached hydrogen (secondary N) is 2. The van der Waals surface area contributed by atoms with Crippen LogP contribution in [-0.2, 0) is 6.54 Å². The van der Waals surface area contributed by atoms with Gasteiger partial charge in [-0.1, -0.05) is 12.0 Å². The second-order valence-corrected chi connectivity index (χ2v) is 9.16. The highest BCUT2D eigenvalue weighted by molar-refractivity contribution is 5.94. The van der Waals surface area contributed by atoms with E-state index in [4.69, 9.17) is 9.84 Å². The molecule has 2 heterocycles. The summed E-state index contributed by atoms with van der Waals surface area (Å²) in [6.45, 7) is -0.144. The van der Waals surface area contributed by atoms with Crippen LogP contribution in [0, 0.1) is 11.8 Å². The van der Waals surface area contributed by atoms with Crippen LogP contribution in [0.2, 0.25) is 0 Å². The van der Waals surface area contributed by atoms with E-state index in [-0.39, 0.29) is 24.3 Å². The van der Waals surface area contributed by atoms with Gasteiger partial charge in [0, 0.05) is 24.2 Å². The molecule has 38 heavy (non-hydrogen) atoms. The number of aromatic carboxylic acids is 1. The highest BCUT2D eigenvalue weighted by atomic mass is 19.4. The number of carboxylic acids is 1. The number of aromatic nitrogens is 1. The second-order valence-electron chi connectivity index (χ2n) is 9.16. The van der Waals surface area contributed by atoms with Gasteiger partial charge in [-0.15, -0.1) is 0 Å². The molecule has 3 N–H and O–H groups in total. The fraction of sp³-hybridized carbons (Fsp3) is 0.370. The second kappa shape index (κ2) is 11.2. The molecule has 0 saturated carbocycles. The zero-order chi connectivity index (χ0) is 27.4. The number of alkyl halides is 4. The monoisotopic (exact) mass is 532 g/mol. The fourth-order valence-electron chi connectivity index (χ4n) is 4.53. The lowest BCUT2D eigenvalue weighted by molar-refractivity contribution is -0.140. The molecule has 7 nitrogen and oxygen atoms in total. The third kappa shape index (κ3) is 6.31. The number of ether oxygens (including phenoxy) is 1. The maximum Gasteiger partial charge on any atom is 0.406 e. The van der Waals surface area contributed by atoms with Crippen LogP contribution in [0.1, 0.15) is 22.5 Å². The molecule has 1 aromatic heterocycles. The Kier molecular flexibility index (Phi) is 8.02. The standard InChI is InChI=1S/C27H28F4N4O3/c1-34-12-10-22(20(28)15-34)33-21-6-3-7-24-19(21)14-18(35(24)16-27(29,30)31)5-4-11-32-23-9-8-17(26(36)37)13-25(23)38-2/h3,6-9,13-14,20,22,32-33H,10-12,15-16H2,1-2H3,(H,36,37)/t20-,22+/m0/s1. The zero-order valence-electron chi connectivity index (χ0n) is 20.9. The van der Waals surface area contributed by atoms with Crippen LogP contribution >= 0.6 is 0 Å². The molecule has 1 fully saturated rings. The predicted octanol–water partition coefficient (Wildman–Crippen LogP) is 4.83. The number of likely N-dealkylation sites (tertiary alicyclic amines) is 1. The number of fused-ring (bicyclic) bond motifs is 1. The van der Waals surface area contributed by atoms with Crippen molar-refractivity contribution >= 4 is 28.2 Å². The summed E-state index contributed by atoms with van der Waals surface area (Å²) >= 11 is 0. The van der Waals surface area contributed by atoms with Crippen LogP contribution in [0.5, 0.6) is 5.75 Å². The van der Waals surface area contributed by atoms with Crippen LogP contribution in [0.4, 0.5) is 28.9 Å². The maximum absolute atomic E-state index is 14.6. The van der Waals surface area contributed by atoms with Crippen LogP contribution in [-0.4, -0.2) is 72.7 Å². The molecular formula is C27H28F4N4O3. The quantitative estimate of drug-likeness (QED) is 0.299. The smallest absolute Gasteiger partial charge is 0.406 e. The molecule has 2 atom stereocenters. The SMILES string of the molecule is COc1cc(C(=O)O)ccc1NCC#Cc1cc2c(N[C@@H]3CCN(C)C[C@@H]3F)cccc2n1CC(F)(F)F. The number of nitrogens with zero attached hydrogens (tertiary/aromatic N) is 2. The molecule has 3 aromatic rings. The predicted molar refractivity (Wildman–Crippen MR) is 138 cm³/mol. The number of piperidine rings is 1. The minimum Gasteiger partial charge on any atom is -0.495 e. The van der Waals surface area contributed by atoms with Gasteiger partial charge in [-0.05, 0) is 55.8 Å². The number of hydrogen-bond acceptors (Lipinski definition) is 5. The number of halogens is 4. The van der Waals surface area contributed by atoms with Gasteiger partial charge < -0.3 is 29.9 Å². The molecule has 1 saturated heterocycles. The molecule has 202 valence electrons. The summed E-state index contributed by atoms with van der Waals surface area (Å²) in [6, 6.07) is 10.4. The number of benzene rings is 2. The van der Waals surface area contributed by atoms with Gasteiger partial charge in [0.1, 0.15) is 18.5 Å². The minimum atomic E-state index is -4.47. The summed E-state index contributed by atoms with van der Waals surface area (Å²) in [5.41, 5.74) is 1.62. The number of methoxy groups -OCH3 is 1. The lowest BCUT2D eigenvalue weighted by Gasteiger charge is -2.33. The Hall–Kier alpha value is -3.91. The van der Waals surface area contributed by atoms with Crippen LogP contribution in [0.3, 0.4) is 0 Å². The number of hydrogen-bond donors (Lipinski definition) is 3. The lowest BCUT2D eigenvalue weighted by Crippen LogP contribution is -2.46. The van der Waals surface area contributed by atoms with Crippen molar-refractivity contribution in [2.24, 2.45) is 0 Å². The summed E-state index contributed by atoms with van der Waals surface area (Å²) in [6.07, 6.45) is -5.00. The zero-order valence-corrected chi connectivity index (χ0v) is 20.9. The van der Waals surface area contributed by atoms with Crippen LogP contribution in [0.15, 0.2) is 42.5 Å². The Bertz CT molecular complexity index is 1380. The average Bonchev–Trinajstić information content (AvgIpc) is 3.20. The van der Waals surface area contributed by atoms with Crippen LogP contribution in [0.25, 0.3) is 10.9 Å². The molecule has 0 radical (unpaired) electrons. The third-order valence-corrected chi connectivity index (χ3v) is 6.40. The van der Waals surface area contributed by atoms with E-state index in [0.29, 0.717) is 34.4 Å². The van der Waals surface area contributed by atoms with Gasteiger partial charge in [0.05, 0.1) is 42.2 Å². The summed E-state index contributed by atoms with van der Waals surface area (Å²) in [5, 5.41) is 15.9. The molecular weight excluding hydrogens is 504 g/mol. The number of carbonyl (C=O) groups is 1. The molecule has 1 aliphatic rings. The van der Waals surface area contributed by atoms with Gasteiger partial charge in [0.25, 0.3) is 0 Å². The van der Waals surface area contributed by atoms with E-state index in [9.17, 15) is 22.4 Å². The molecule has 11 heteroatoms. The third-order valence-electron chi connectivity index (χ3n) is 6.40. The van der Waals surface area contributed by atoms with Crippen molar-refractivity contribution in [3.63, 3.8) is 0 Å². The summed E-state index contributed by atoms with van der Waals surface area (Å²) < 4.78 is 61.3. The van der Waals surface area contributed by atoms with E-state index >= 15 is 0 Å². The van der Waals surface area contributed by atoms with E-state index < -0.39 is 30.9 Å². The first-order chi connectivity index (χ1) is 18.1. The average molecular weight is 533 g/mol. The summed E-state index contributed by atoms with van der Waals surface area (Å²) in [7, 11) is 3.25. The molecule has 0 unspecified atom stereocenters. The Balaban J connectivity index is 1.60. The van der Waals surface area contributed by atoms with Gasteiger partial charge in [0.15, 0.2) is 0 Å². The van der Waals surface area contributed by atoms with Crippen molar-refractivity contribution in [3.8, 4) is 17.6 Å². The number of rotatable bonds is 7. The van der Waals surface area contributed by atoms with Crippen LogP contribution < -0.4 is 15.4 Å². The summed E-state index contributed by atoms with van der Waals surface area (Å²) in [5.74, 6) is 4.85. The molecule has 1 aliphatic heterocycles. The Morgan fingerprint density at radius 1 is 1.21 bits per heavy atom. The van der Waals surface area contributed by atoms with Crippen molar-refractivity contribution < 1.29 is 32.2 Å². The first-order valence-electron chi connectivity index (χ1n) is 12.0. The van der Waals surface area contributed by atoms with Gasteiger partial charge >= 0.3 is 12.1 Å². The van der Waals surface area contributed by atoms with Gasteiger partial charge in [-0.2, -0.15) is 13.2 Å². The largest absolute Gasteiger partial charge is 0.495 e. The van der Waals surface area contributed by atoms with Crippen molar-refractivity contribution in [1.29, 1.82) is 0 Å². The summed E-state index contributed by atoms with van der Waals surface area (Å²) in [4.78, 5) is 13.1. The maximum atomic E-state index is 14.6. The molecule has 0 bridgehead atoms. The lowest BCUT2D eigenvalue weighted by atomic mass is 10.0. The minimum absolute atomic E-state index is 0.0545. The first-order valence-corrected chi connectivity index (χ1v) is 12.0. The van der Waals surface area contributed by atoms with E-state index in [2.05, 4.69) is 22.5 Å². The Labute approximate surface area is 217 Å². The van der Waals surface area contributed by atoms with Gasteiger partial charge in [0.2, 0.25) is 0 Å². The molecule has 0 spiro atoms. The van der Waals surface area contributed by atoms with Crippen molar-refractivity contribution in [2.75, 3.05) is 44.4 Å². The first kappa shape index (κ1) is 27.1. The van der Waals surface area contributed by atoms with Gasteiger partial charge in [-0.25, -0.2) is 9.18 Å². The van der Waals surface area contributed by atoms with Gasteiger partial charge in [-0.3, -0.25) is 0 Å². The Morgan fingerprint density at radius 3 is 2.68 bits per heavy atom. The highest BCUT2D eigenvalue weighted by Crippen LogP contribution is 2.32. The van der Waals surface area contributed by atoms with Crippen molar-refractivity contribution in [1.82, 2.24) is 9.47 Å². The molecule has 0 amide bonds. The molecule has 4 rings (SSSR count). The number of carboxylic acid groups (broad SMARTS) is 1. The van der Waals surface area contributed by atoms with E-state index in [1.807, 2.05) is 11.9 Å². The van der Waals surface area contributed by atoms with Crippen molar-refractivity contribution in [2.45, 2.75) is 31.4 Å².